The van der Waals surface area contributed by atoms with Gasteiger partial charge in [-0.2, -0.15) is 9.40 Å². The number of piperazine rings is 1. The molecule has 7 nitrogen and oxygen atoms in total. The van der Waals surface area contributed by atoms with Crippen LogP contribution in [0.15, 0.2) is 4.90 Å². The maximum atomic E-state index is 12.5. The fourth-order valence-electron chi connectivity index (χ4n) is 2.08. The second-order valence-electron chi connectivity index (χ2n) is 4.31. The van der Waals surface area contributed by atoms with Crippen LogP contribution >= 0.6 is 0 Å². The van der Waals surface area contributed by atoms with Gasteiger partial charge in [-0.25, -0.2) is 8.42 Å². The lowest BCUT2D eigenvalue weighted by molar-refractivity contribution is -0.122. The van der Waals surface area contributed by atoms with E-state index in [1.807, 2.05) is 0 Å². The zero-order chi connectivity index (χ0) is 13.5. The number of nitrogens with zero attached hydrogens (tertiary/aromatic N) is 3. The summed E-state index contributed by atoms with van der Waals surface area (Å²) in [4.78, 5) is 11.5. The lowest BCUT2D eigenvalue weighted by Crippen LogP contribution is -2.50. The van der Waals surface area contributed by atoms with E-state index < -0.39 is 10.0 Å². The molecule has 0 spiro atoms. The predicted octanol–water partition coefficient (Wildman–Crippen LogP) is -0.843. The number of carbonyl (C=O) groups is 1. The number of rotatable bonds is 2. The summed E-state index contributed by atoms with van der Waals surface area (Å²) in [5.41, 5.74) is 1.04. The number of carbonyl (C=O) groups excluding carboxylic acids is 1. The fraction of sp³-hybridized carbons (Fsp3) is 0.600. The Labute approximate surface area is 106 Å². The van der Waals surface area contributed by atoms with Crippen molar-refractivity contribution in [2.45, 2.75) is 18.7 Å². The highest BCUT2D eigenvalue weighted by Crippen LogP contribution is 2.23. The Bertz CT molecular complexity index is 591. The van der Waals surface area contributed by atoms with Crippen molar-refractivity contribution < 1.29 is 13.2 Å². The Morgan fingerprint density at radius 1 is 1.33 bits per heavy atom. The predicted molar refractivity (Wildman–Crippen MR) is 64.5 cm³/mol. The molecular formula is C10H16N4O3S. The van der Waals surface area contributed by atoms with E-state index in [4.69, 9.17) is 0 Å². The molecule has 1 saturated heterocycles. The molecule has 0 atom stereocenters. The monoisotopic (exact) mass is 272 g/mol. The number of aryl methyl sites for hydroxylation is 2. The van der Waals surface area contributed by atoms with Gasteiger partial charge in [0.15, 0.2) is 0 Å². The molecule has 2 heterocycles. The van der Waals surface area contributed by atoms with E-state index in [9.17, 15) is 13.2 Å². The molecule has 1 aromatic rings. The van der Waals surface area contributed by atoms with Crippen LogP contribution in [0.25, 0.3) is 0 Å². The standard InChI is InChI=1S/C10H16N4O3S/c1-7-10(8(2)13(3)12-7)18(16,17)14-5-4-11-9(15)6-14/h4-6H2,1-3H3,(H,11,15). The van der Waals surface area contributed by atoms with Gasteiger partial charge < -0.3 is 5.32 Å². The number of aromatic nitrogens is 2. The molecule has 0 radical (unpaired) electrons. The van der Waals surface area contributed by atoms with Crippen LogP contribution in [0.2, 0.25) is 0 Å². The Morgan fingerprint density at radius 2 is 2.00 bits per heavy atom. The minimum atomic E-state index is -3.65. The summed E-state index contributed by atoms with van der Waals surface area (Å²) in [7, 11) is -1.95. The van der Waals surface area contributed by atoms with Gasteiger partial charge in [0, 0.05) is 20.1 Å². The summed E-state index contributed by atoms with van der Waals surface area (Å²) in [6.45, 7) is 3.87. The van der Waals surface area contributed by atoms with Crippen LogP contribution in [-0.4, -0.2) is 48.0 Å². The number of sulfonamides is 1. The van der Waals surface area contributed by atoms with Crippen molar-refractivity contribution >= 4 is 15.9 Å². The fourth-order valence-corrected chi connectivity index (χ4v) is 3.87. The molecule has 0 bridgehead atoms. The highest BCUT2D eigenvalue weighted by molar-refractivity contribution is 7.89. The third-order valence-corrected chi connectivity index (χ3v) is 5.14. The highest BCUT2D eigenvalue weighted by Gasteiger charge is 2.33. The Balaban J connectivity index is 2.45. The van der Waals surface area contributed by atoms with Crippen molar-refractivity contribution in [3.8, 4) is 0 Å². The topological polar surface area (TPSA) is 84.3 Å². The van der Waals surface area contributed by atoms with Crippen LogP contribution in [0.5, 0.6) is 0 Å². The average Bonchev–Trinajstić information content (AvgIpc) is 2.53. The van der Waals surface area contributed by atoms with Gasteiger partial charge in [-0.1, -0.05) is 0 Å². The number of hydrogen-bond acceptors (Lipinski definition) is 4. The van der Waals surface area contributed by atoms with Gasteiger partial charge in [-0.05, 0) is 13.8 Å². The molecule has 1 aliphatic rings. The van der Waals surface area contributed by atoms with Gasteiger partial charge in [0.2, 0.25) is 15.9 Å². The quantitative estimate of drug-likeness (QED) is 0.760. The van der Waals surface area contributed by atoms with Crippen molar-refractivity contribution in [2.24, 2.45) is 7.05 Å². The van der Waals surface area contributed by atoms with E-state index in [0.29, 0.717) is 24.5 Å². The van der Waals surface area contributed by atoms with Crippen LogP contribution in [0.1, 0.15) is 11.4 Å². The van der Waals surface area contributed by atoms with E-state index in [1.54, 1.807) is 20.9 Å². The summed E-state index contributed by atoms with van der Waals surface area (Å²) >= 11 is 0. The molecule has 8 heteroatoms. The molecular weight excluding hydrogens is 256 g/mol. The largest absolute Gasteiger partial charge is 0.354 e. The first-order valence-electron chi connectivity index (χ1n) is 5.61. The van der Waals surface area contributed by atoms with E-state index in [0.717, 1.165) is 0 Å². The molecule has 1 aromatic heterocycles. The highest BCUT2D eigenvalue weighted by atomic mass is 32.2. The molecule has 2 rings (SSSR count). The molecule has 1 N–H and O–H groups in total. The van der Waals surface area contributed by atoms with Gasteiger partial charge in [0.25, 0.3) is 0 Å². The molecule has 1 aliphatic heterocycles. The van der Waals surface area contributed by atoms with Crippen LogP contribution < -0.4 is 5.32 Å². The molecule has 0 aliphatic carbocycles. The van der Waals surface area contributed by atoms with Crippen LogP contribution in [0.4, 0.5) is 0 Å². The van der Waals surface area contributed by atoms with Crippen molar-refractivity contribution in [3.05, 3.63) is 11.4 Å². The van der Waals surface area contributed by atoms with Crippen LogP contribution in [0.3, 0.4) is 0 Å². The van der Waals surface area contributed by atoms with E-state index >= 15 is 0 Å². The van der Waals surface area contributed by atoms with E-state index in [-0.39, 0.29) is 17.3 Å². The van der Waals surface area contributed by atoms with Gasteiger partial charge in [-0.15, -0.1) is 0 Å². The van der Waals surface area contributed by atoms with E-state index in [1.165, 1.54) is 8.99 Å². The third kappa shape index (κ3) is 2.01. The van der Waals surface area contributed by atoms with Gasteiger partial charge in [0.1, 0.15) is 4.90 Å². The second kappa shape index (κ2) is 4.36. The maximum absolute atomic E-state index is 12.5. The lowest BCUT2D eigenvalue weighted by atomic mass is 10.4. The first-order chi connectivity index (χ1) is 8.34. The Kier molecular flexibility index (Phi) is 3.16. The Morgan fingerprint density at radius 3 is 2.50 bits per heavy atom. The van der Waals surface area contributed by atoms with E-state index in [2.05, 4.69) is 10.4 Å². The Hall–Kier alpha value is -1.41. The third-order valence-electron chi connectivity index (χ3n) is 3.04. The molecule has 0 aromatic carbocycles. The SMILES string of the molecule is Cc1nn(C)c(C)c1S(=O)(=O)N1CCNC(=O)C1. The van der Waals surface area contributed by atoms with Crippen molar-refractivity contribution in [2.75, 3.05) is 19.6 Å². The summed E-state index contributed by atoms with van der Waals surface area (Å²) in [5, 5.41) is 6.71. The maximum Gasteiger partial charge on any atom is 0.247 e. The van der Waals surface area contributed by atoms with Crippen molar-refractivity contribution in [3.63, 3.8) is 0 Å². The zero-order valence-electron chi connectivity index (χ0n) is 10.6. The van der Waals surface area contributed by atoms with Gasteiger partial charge >= 0.3 is 0 Å². The minimum absolute atomic E-state index is 0.129. The first kappa shape index (κ1) is 13.0. The molecule has 0 saturated carbocycles. The molecule has 18 heavy (non-hydrogen) atoms. The molecule has 1 fully saturated rings. The van der Waals surface area contributed by atoms with Crippen LogP contribution in [-0.2, 0) is 21.9 Å². The minimum Gasteiger partial charge on any atom is -0.354 e. The zero-order valence-corrected chi connectivity index (χ0v) is 11.4. The second-order valence-corrected chi connectivity index (χ2v) is 6.19. The van der Waals surface area contributed by atoms with Crippen molar-refractivity contribution in [1.82, 2.24) is 19.4 Å². The molecule has 1 amide bonds. The van der Waals surface area contributed by atoms with Gasteiger partial charge in [0.05, 0.1) is 17.9 Å². The molecule has 0 unspecified atom stereocenters. The number of amides is 1. The first-order valence-corrected chi connectivity index (χ1v) is 7.05. The summed E-state index contributed by atoms with van der Waals surface area (Å²) in [6, 6.07) is 0. The van der Waals surface area contributed by atoms with Crippen LogP contribution in [0, 0.1) is 13.8 Å². The summed E-state index contributed by atoms with van der Waals surface area (Å²) in [6.07, 6.45) is 0. The smallest absolute Gasteiger partial charge is 0.247 e. The average molecular weight is 272 g/mol. The summed E-state index contributed by atoms with van der Waals surface area (Å²) in [5.74, 6) is -0.274. The van der Waals surface area contributed by atoms with Crippen molar-refractivity contribution in [1.29, 1.82) is 0 Å². The summed E-state index contributed by atoms with van der Waals surface area (Å²) < 4.78 is 27.7. The lowest BCUT2D eigenvalue weighted by Gasteiger charge is -2.25. The van der Waals surface area contributed by atoms with Gasteiger partial charge in [-0.3, -0.25) is 9.48 Å². The molecule has 100 valence electrons. The normalized spacial score (nSPS) is 17.8. The number of nitrogens with one attached hydrogen (secondary N) is 1. The number of hydrogen-bond donors (Lipinski definition) is 1.